The van der Waals surface area contributed by atoms with Crippen LogP contribution in [0.1, 0.15) is 22.3 Å². The Hall–Kier alpha value is -3.77. The Morgan fingerprint density at radius 3 is 2.35 bits per heavy atom. The third kappa shape index (κ3) is 5.07. The van der Waals surface area contributed by atoms with Crippen molar-refractivity contribution in [1.29, 1.82) is 0 Å². The first-order valence-electron chi connectivity index (χ1n) is 11.2. The molecular weight excluding hydrogens is 520 g/mol. The highest BCUT2D eigenvalue weighted by Crippen LogP contribution is 2.36. The molecule has 1 aliphatic rings. The van der Waals surface area contributed by atoms with Crippen LogP contribution in [0.15, 0.2) is 70.5 Å². The monoisotopic (exact) mass is 546 g/mol. The Morgan fingerprint density at radius 1 is 0.892 bits per heavy atom. The molecule has 0 atom stereocenters. The second kappa shape index (κ2) is 10.3. The van der Waals surface area contributed by atoms with Crippen LogP contribution < -0.4 is 18.5 Å². The van der Waals surface area contributed by atoms with Gasteiger partial charge in [-0.05, 0) is 54.8 Å². The van der Waals surface area contributed by atoms with E-state index < -0.39 is 26.0 Å². The highest BCUT2D eigenvalue weighted by molar-refractivity contribution is 7.93. The molecule has 0 saturated heterocycles. The largest absolute Gasteiger partial charge is 0.497 e. The van der Waals surface area contributed by atoms with Gasteiger partial charge in [-0.2, -0.15) is 0 Å². The van der Waals surface area contributed by atoms with Crippen molar-refractivity contribution in [2.75, 3.05) is 36.9 Å². The van der Waals surface area contributed by atoms with Crippen molar-refractivity contribution < 1.29 is 35.8 Å². The summed E-state index contributed by atoms with van der Waals surface area (Å²) < 4.78 is 72.7. The van der Waals surface area contributed by atoms with Crippen LogP contribution in [0.3, 0.4) is 0 Å². The summed E-state index contributed by atoms with van der Waals surface area (Å²) in [6.45, 7) is 0.157. The summed E-state index contributed by atoms with van der Waals surface area (Å²) >= 11 is 0. The zero-order valence-electron chi connectivity index (χ0n) is 20.4. The molecule has 1 aliphatic heterocycles. The summed E-state index contributed by atoms with van der Waals surface area (Å²) in [5, 5.41) is 0. The van der Waals surface area contributed by atoms with E-state index in [1.165, 1.54) is 62.0 Å². The molecule has 4 rings (SSSR count). The SMILES string of the molecule is COC(=O)c1ccccc1S(=O)(=O)N1CCCc2ccc(NS(=O)(=O)c3cc(OC)ccc3OC)cc21. The zero-order valence-corrected chi connectivity index (χ0v) is 22.1. The fraction of sp³-hybridized carbons (Fsp3) is 0.240. The summed E-state index contributed by atoms with van der Waals surface area (Å²) in [5.41, 5.74) is 1.13. The van der Waals surface area contributed by atoms with Crippen molar-refractivity contribution in [3.8, 4) is 11.5 Å². The molecule has 0 saturated carbocycles. The number of fused-ring (bicyclic) bond motifs is 1. The molecule has 0 fully saturated rings. The molecule has 3 aromatic rings. The number of carbonyl (C=O) groups excluding carboxylic acids is 1. The van der Waals surface area contributed by atoms with Crippen molar-refractivity contribution in [3.05, 3.63) is 71.8 Å². The van der Waals surface area contributed by atoms with E-state index in [-0.39, 0.29) is 33.3 Å². The summed E-state index contributed by atoms with van der Waals surface area (Å²) in [7, 11) is -4.35. The summed E-state index contributed by atoms with van der Waals surface area (Å²) in [5.74, 6) is -0.326. The van der Waals surface area contributed by atoms with Crippen molar-refractivity contribution in [2.45, 2.75) is 22.6 Å². The van der Waals surface area contributed by atoms with Gasteiger partial charge >= 0.3 is 5.97 Å². The number of methoxy groups -OCH3 is 3. The number of aryl methyl sites for hydroxylation is 1. The van der Waals surface area contributed by atoms with E-state index in [0.717, 1.165) is 5.56 Å². The average molecular weight is 547 g/mol. The van der Waals surface area contributed by atoms with Crippen LogP contribution in [0.5, 0.6) is 11.5 Å². The van der Waals surface area contributed by atoms with E-state index in [4.69, 9.17) is 14.2 Å². The predicted molar refractivity (Wildman–Crippen MR) is 137 cm³/mol. The van der Waals surface area contributed by atoms with Crippen LogP contribution >= 0.6 is 0 Å². The lowest BCUT2D eigenvalue weighted by molar-refractivity contribution is 0.0596. The molecule has 0 aromatic heterocycles. The van der Waals surface area contributed by atoms with E-state index in [1.807, 2.05) is 0 Å². The predicted octanol–water partition coefficient (Wildman–Crippen LogP) is 3.43. The Kier molecular flexibility index (Phi) is 7.32. The highest BCUT2D eigenvalue weighted by atomic mass is 32.2. The number of benzene rings is 3. The molecule has 1 N–H and O–H groups in total. The molecular formula is C25H26N2O8S2. The average Bonchev–Trinajstić information content (AvgIpc) is 2.91. The van der Waals surface area contributed by atoms with Gasteiger partial charge in [-0.15, -0.1) is 0 Å². The van der Waals surface area contributed by atoms with Gasteiger partial charge < -0.3 is 14.2 Å². The molecule has 0 unspecified atom stereocenters. The Labute approximate surface area is 215 Å². The molecule has 3 aromatic carbocycles. The quantitative estimate of drug-likeness (QED) is 0.426. The number of nitrogens with one attached hydrogen (secondary N) is 1. The van der Waals surface area contributed by atoms with Crippen molar-refractivity contribution in [2.24, 2.45) is 0 Å². The molecule has 0 aliphatic carbocycles. The van der Waals surface area contributed by atoms with Gasteiger partial charge in [-0.25, -0.2) is 21.6 Å². The van der Waals surface area contributed by atoms with E-state index in [2.05, 4.69) is 4.72 Å². The molecule has 0 radical (unpaired) electrons. The van der Waals surface area contributed by atoms with Crippen LogP contribution in [0.4, 0.5) is 11.4 Å². The Balaban J connectivity index is 1.75. The zero-order chi connectivity index (χ0) is 26.8. The van der Waals surface area contributed by atoms with Gasteiger partial charge in [0.1, 0.15) is 21.3 Å². The highest BCUT2D eigenvalue weighted by Gasteiger charge is 2.33. The first-order valence-corrected chi connectivity index (χ1v) is 14.1. The third-order valence-corrected chi connectivity index (χ3v) is 9.21. The summed E-state index contributed by atoms with van der Waals surface area (Å²) in [6.07, 6.45) is 1.16. The first-order chi connectivity index (χ1) is 17.6. The number of sulfonamides is 2. The van der Waals surface area contributed by atoms with E-state index >= 15 is 0 Å². The number of nitrogens with zero attached hydrogens (tertiary/aromatic N) is 1. The van der Waals surface area contributed by atoms with Gasteiger partial charge in [-0.3, -0.25) is 9.03 Å². The molecule has 1 heterocycles. The van der Waals surface area contributed by atoms with Crippen LogP contribution in [0, 0.1) is 0 Å². The molecule has 196 valence electrons. The molecule has 37 heavy (non-hydrogen) atoms. The number of hydrogen-bond acceptors (Lipinski definition) is 8. The van der Waals surface area contributed by atoms with Crippen LogP contribution in [-0.2, 0) is 31.2 Å². The smallest absolute Gasteiger partial charge is 0.339 e. The molecule has 12 heteroatoms. The van der Waals surface area contributed by atoms with Crippen LogP contribution in [0.2, 0.25) is 0 Å². The Morgan fingerprint density at radius 2 is 1.65 bits per heavy atom. The van der Waals surface area contributed by atoms with Crippen LogP contribution in [-0.4, -0.2) is 50.7 Å². The summed E-state index contributed by atoms with van der Waals surface area (Å²) in [4.78, 5) is 11.9. The lowest BCUT2D eigenvalue weighted by atomic mass is 10.0. The van der Waals surface area contributed by atoms with E-state index in [0.29, 0.717) is 24.3 Å². The maximum atomic E-state index is 13.7. The maximum absolute atomic E-state index is 13.7. The number of anilines is 2. The number of esters is 1. The van der Waals surface area contributed by atoms with E-state index in [9.17, 15) is 21.6 Å². The van der Waals surface area contributed by atoms with Gasteiger partial charge in [0.15, 0.2) is 0 Å². The topological polar surface area (TPSA) is 128 Å². The minimum absolute atomic E-state index is 0.0842. The fourth-order valence-corrected chi connectivity index (χ4v) is 7.10. The second-order valence-corrected chi connectivity index (χ2v) is 11.6. The minimum Gasteiger partial charge on any atom is -0.497 e. The third-order valence-electron chi connectivity index (χ3n) is 5.93. The van der Waals surface area contributed by atoms with Gasteiger partial charge in [0.05, 0.1) is 38.3 Å². The van der Waals surface area contributed by atoms with Crippen molar-refractivity contribution >= 4 is 37.4 Å². The van der Waals surface area contributed by atoms with E-state index in [1.54, 1.807) is 24.3 Å². The maximum Gasteiger partial charge on any atom is 0.339 e. The number of carbonyl (C=O) groups is 1. The lowest BCUT2D eigenvalue weighted by Crippen LogP contribution is -2.36. The van der Waals surface area contributed by atoms with Gasteiger partial charge in [0.25, 0.3) is 20.0 Å². The number of rotatable bonds is 8. The minimum atomic E-state index is -4.17. The summed E-state index contributed by atoms with van der Waals surface area (Å²) in [6, 6.07) is 14.9. The second-order valence-electron chi connectivity index (χ2n) is 8.13. The van der Waals surface area contributed by atoms with Gasteiger partial charge in [-0.1, -0.05) is 18.2 Å². The number of ether oxygens (including phenoxy) is 3. The lowest BCUT2D eigenvalue weighted by Gasteiger charge is -2.31. The first kappa shape index (κ1) is 26.3. The normalized spacial score (nSPS) is 13.4. The fourth-order valence-electron chi connectivity index (χ4n) is 4.15. The molecule has 0 amide bonds. The number of hydrogen-bond donors (Lipinski definition) is 1. The Bertz CT molecular complexity index is 1550. The molecule has 10 nitrogen and oxygen atoms in total. The van der Waals surface area contributed by atoms with Gasteiger partial charge in [0.2, 0.25) is 0 Å². The van der Waals surface area contributed by atoms with Crippen molar-refractivity contribution in [1.82, 2.24) is 0 Å². The standard InChI is InChI=1S/C25H26N2O8S2/c1-33-19-12-13-22(34-2)24(16-19)36(29,30)26-18-11-10-17-7-6-14-27(21(17)15-18)37(31,32)23-9-5-4-8-20(23)25(28)35-3/h4-5,8-13,15-16,26H,6-7,14H2,1-3H3. The van der Waals surface area contributed by atoms with Crippen LogP contribution in [0.25, 0.3) is 0 Å². The molecule has 0 spiro atoms. The van der Waals surface area contributed by atoms with Crippen molar-refractivity contribution in [3.63, 3.8) is 0 Å². The van der Waals surface area contributed by atoms with Gasteiger partial charge in [0, 0.05) is 12.6 Å². The molecule has 0 bridgehead atoms.